The third-order valence-corrected chi connectivity index (χ3v) is 5.27. The van der Waals surface area contributed by atoms with Gasteiger partial charge in [0.1, 0.15) is 6.04 Å². The van der Waals surface area contributed by atoms with E-state index in [4.69, 9.17) is 0 Å². The van der Waals surface area contributed by atoms with Gasteiger partial charge in [0.05, 0.1) is 18.6 Å². The number of hydrogen-bond donors (Lipinski definition) is 1. The van der Waals surface area contributed by atoms with Crippen LogP contribution in [0.2, 0.25) is 0 Å². The van der Waals surface area contributed by atoms with Crippen LogP contribution >= 0.6 is 0 Å². The van der Waals surface area contributed by atoms with Crippen molar-refractivity contribution in [1.82, 2.24) is 14.5 Å². The second-order valence-electron chi connectivity index (χ2n) is 7.11. The molecular weight excluding hydrogens is 368 g/mol. The third-order valence-electron chi connectivity index (χ3n) is 5.27. The summed E-state index contributed by atoms with van der Waals surface area (Å²) in [7, 11) is 1.65. The number of carboxylic acids is 1. The number of carboxylic acid groups (broad SMARTS) is 1. The van der Waals surface area contributed by atoms with Gasteiger partial charge in [0.15, 0.2) is 0 Å². The molecule has 7 nitrogen and oxygen atoms in total. The number of aromatic nitrogens is 2. The van der Waals surface area contributed by atoms with Crippen LogP contribution < -0.4 is 4.90 Å². The number of carbonyl (C=O) groups is 2. The van der Waals surface area contributed by atoms with Gasteiger partial charge in [-0.25, -0.2) is 14.6 Å². The number of rotatable bonds is 4. The standard InChI is InChI=1S/C22H22N4O3/c1-24(17-10-6-3-7-11-17)22(29)26-14-18-19(12-20(26)21(27)28)25(15-23-18)13-16-8-4-2-5-9-16/h2-11,15,20H,12-14H2,1H3,(H,27,28)/t20-/m0/s1. The van der Waals surface area contributed by atoms with Gasteiger partial charge in [0.2, 0.25) is 0 Å². The van der Waals surface area contributed by atoms with E-state index in [1.54, 1.807) is 13.4 Å². The van der Waals surface area contributed by atoms with Crippen molar-refractivity contribution in [3.8, 4) is 0 Å². The van der Waals surface area contributed by atoms with Crippen molar-refractivity contribution in [1.29, 1.82) is 0 Å². The Morgan fingerprint density at radius 2 is 1.76 bits per heavy atom. The zero-order valence-corrected chi connectivity index (χ0v) is 16.1. The number of benzene rings is 2. The predicted octanol–water partition coefficient (Wildman–Crippen LogP) is 3.00. The Morgan fingerprint density at radius 3 is 2.41 bits per heavy atom. The molecule has 0 aliphatic carbocycles. The molecule has 0 bridgehead atoms. The number of aliphatic carboxylic acids is 1. The summed E-state index contributed by atoms with van der Waals surface area (Å²) in [5.41, 5.74) is 3.44. The molecule has 0 spiro atoms. The summed E-state index contributed by atoms with van der Waals surface area (Å²) >= 11 is 0. The van der Waals surface area contributed by atoms with Gasteiger partial charge in [-0.15, -0.1) is 0 Å². The normalized spacial score (nSPS) is 15.6. The number of imidazole rings is 1. The topological polar surface area (TPSA) is 78.7 Å². The van der Waals surface area contributed by atoms with E-state index in [1.807, 2.05) is 65.2 Å². The number of carbonyl (C=O) groups excluding carboxylic acids is 1. The first-order valence-electron chi connectivity index (χ1n) is 9.43. The van der Waals surface area contributed by atoms with Crippen LogP contribution in [0.3, 0.4) is 0 Å². The number of nitrogens with zero attached hydrogens (tertiary/aromatic N) is 4. The van der Waals surface area contributed by atoms with Gasteiger partial charge in [-0.05, 0) is 17.7 Å². The number of urea groups is 1. The highest BCUT2D eigenvalue weighted by atomic mass is 16.4. The summed E-state index contributed by atoms with van der Waals surface area (Å²) in [5, 5.41) is 9.81. The van der Waals surface area contributed by atoms with Crippen molar-refractivity contribution >= 4 is 17.7 Å². The van der Waals surface area contributed by atoms with E-state index >= 15 is 0 Å². The molecule has 7 heteroatoms. The van der Waals surface area contributed by atoms with Crippen LogP contribution in [0.1, 0.15) is 17.0 Å². The van der Waals surface area contributed by atoms with Crippen molar-refractivity contribution in [2.45, 2.75) is 25.6 Å². The van der Waals surface area contributed by atoms with Crippen LogP contribution in [0, 0.1) is 0 Å². The first kappa shape index (κ1) is 18.7. The lowest BCUT2D eigenvalue weighted by atomic mass is 10.0. The fourth-order valence-corrected chi connectivity index (χ4v) is 3.67. The Labute approximate surface area is 168 Å². The number of fused-ring (bicyclic) bond motifs is 1. The molecule has 0 radical (unpaired) electrons. The van der Waals surface area contributed by atoms with E-state index < -0.39 is 12.0 Å². The fraction of sp³-hybridized carbons (Fsp3) is 0.227. The molecule has 1 aliphatic rings. The van der Waals surface area contributed by atoms with E-state index in [1.165, 1.54) is 9.80 Å². The molecule has 0 unspecified atom stereocenters. The molecule has 148 valence electrons. The molecule has 3 aromatic rings. The largest absolute Gasteiger partial charge is 0.480 e. The minimum Gasteiger partial charge on any atom is -0.480 e. The number of amides is 2. The lowest BCUT2D eigenvalue weighted by Gasteiger charge is -2.35. The average Bonchev–Trinajstić information content (AvgIpc) is 3.14. The second kappa shape index (κ2) is 7.79. The van der Waals surface area contributed by atoms with E-state index in [0.29, 0.717) is 12.2 Å². The Kier molecular flexibility index (Phi) is 5.03. The molecule has 2 heterocycles. The molecule has 0 saturated carbocycles. The minimum absolute atomic E-state index is 0.171. The minimum atomic E-state index is -1.02. The zero-order valence-electron chi connectivity index (χ0n) is 16.1. The van der Waals surface area contributed by atoms with E-state index in [9.17, 15) is 14.7 Å². The molecule has 2 aromatic carbocycles. The van der Waals surface area contributed by atoms with Crippen LogP contribution in [0.4, 0.5) is 10.5 Å². The summed E-state index contributed by atoms with van der Waals surface area (Å²) in [6.07, 6.45) is 1.96. The van der Waals surface area contributed by atoms with Gasteiger partial charge < -0.3 is 14.6 Å². The maximum Gasteiger partial charge on any atom is 0.326 e. The quantitative estimate of drug-likeness (QED) is 0.743. The van der Waals surface area contributed by atoms with Gasteiger partial charge in [-0.1, -0.05) is 48.5 Å². The molecule has 1 atom stereocenters. The van der Waals surface area contributed by atoms with E-state index in [-0.39, 0.29) is 19.0 Å². The molecular formula is C22H22N4O3. The van der Waals surface area contributed by atoms with Gasteiger partial charge in [-0.2, -0.15) is 0 Å². The molecule has 1 aromatic heterocycles. The van der Waals surface area contributed by atoms with Crippen molar-refractivity contribution in [3.05, 3.63) is 83.9 Å². The molecule has 1 aliphatic heterocycles. The Morgan fingerprint density at radius 1 is 1.10 bits per heavy atom. The van der Waals surface area contributed by atoms with Crippen LogP contribution in [-0.2, 0) is 24.3 Å². The van der Waals surface area contributed by atoms with Crippen LogP contribution in [0.25, 0.3) is 0 Å². The number of para-hydroxylation sites is 1. The molecule has 29 heavy (non-hydrogen) atoms. The summed E-state index contributed by atoms with van der Waals surface area (Å²) < 4.78 is 1.98. The molecule has 4 rings (SSSR count). The molecule has 0 fully saturated rings. The SMILES string of the molecule is CN(C(=O)N1Cc2ncn(Cc3ccccc3)c2C[C@H]1C(=O)O)c1ccccc1. The lowest BCUT2D eigenvalue weighted by Crippen LogP contribution is -2.53. The molecule has 0 saturated heterocycles. The monoisotopic (exact) mass is 390 g/mol. The number of hydrogen-bond acceptors (Lipinski definition) is 3. The molecule has 2 amide bonds. The Bertz CT molecular complexity index is 1020. The first-order chi connectivity index (χ1) is 14.0. The van der Waals surface area contributed by atoms with Gasteiger partial charge in [0.25, 0.3) is 0 Å². The van der Waals surface area contributed by atoms with Gasteiger partial charge >= 0.3 is 12.0 Å². The summed E-state index contributed by atoms with van der Waals surface area (Å²) in [5.74, 6) is -1.02. The highest BCUT2D eigenvalue weighted by Gasteiger charge is 2.38. The Hall–Kier alpha value is -3.61. The van der Waals surface area contributed by atoms with Crippen LogP contribution in [-0.4, -0.2) is 44.6 Å². The predicted molar refractivity (Wildman–Crippen MR) is 109 cm³/mol. The highest BCUT2D eigenvalue weighted by Crippen LogP contribution is 2.26. The van der Waals surface area contributed by atoms with Crippen LogP contribution in [0.5, 0.6) is 0 Å². The smallest absolute Gasteiger partial charge is 0.326 e. The first-order valence-corrected chi connectivity index (χ1v) is 9.43. The van der Waals surface area contributed by atoms with E-state index in [0.717, 1.165) is 17.0 Å². The lowest BCUT2D eigenvalue weighted by molar-refractivity contribution is -0.142. The average molecular weight is 390 g/mol. The molecule has 1 N–H and O–H groups in total. The third kappa shape index (κ3) is 3.71. The van der Waals surface area contributed by atoms with E-state index in [2.05, 4.69) is 4.98 Å². The van der Waals surface area contributed by atoms with Crippen molar-refractivity contribution in [2.75, 3.05) is 11.9 Å². The van der Waals surface area contributed by atoms with Crippen molar-refractivity contribution in [3.63, 3.8) is 0 Å². The fourth-order valence-electron chi connectivity index (χ4n) is 3.67. The zero-order chi connectivity index (χ0) is 20.4. The van der Waals surface area contributed by atoms with Crippen molar-refractivity contribution < 1.29 is 14.7 Å². The van der Waals surface area contributed by atoms with Gasteiger partial charge in [0, 0.05) is 31.4 Å². The van der Waals surface area contributed by atoms with Gasteiger partial charge in [-0.3, -0.25) is 4.90 Å². The van der Waals surface area contributed by atoms with Crippen molar-refractivity contribution in [2.24, 2.45) is 0 Å². The maximum absolute atomic E-state index is 13.1. The summed E-state index contributed by atoms with van der Waals surface area (Å²) in [6, 6.07) is 17.8. The maximum atomic E-state index is 13.1. The second-order valence-corrected chi connectivity index (χ2v) is 7.11. The highest BCUT2D eigenvalue weighted by molar-refractivity contribution is 5.94. The summed E-state index contributed by atoms with van der Waals surface area (Å²) in [4.78, 5) is 32.4. The summed E-state index contributed by atoms with van der Waals surface area (Å²) in [6.45, 7) is 0.789. The number of anilines is 1. The Balaban J connectivity index is 1.60. The van der Waals surface area contributed by atoms with Crippen LogP contribution in [0.15, 0.2) is 67.0 Å².